The first-order valence-corrected chi connectivity index (χ1v) is 10.5. The SMILES string of the molecule is CNC(=O)c1nncc(NC(=O)C2CC2)c1Nc1cccc2c1N(C)Cc1cn(C)nc1-2. The molecule has 2 aromatic heterocycles. The molecule has 2 amide bonds. The average molecular weight is 432 g/mol. The smallest absolute Gasteiger partial charge is 0.273 e. The lowest BCUT2D eigenvalue weighted by atomic mass is 9.99. The van der Waals surface area contributed by atoms with E-state index in [0.717, 1.165) is 41.0 Å². The molecule has 0 radical (unpaired) electrons. The molecule has 32 heavy (non-hydrogen) atoms. The molecule has 0 atom stereocenters. The van der Waals surface area contributed by atoms with Crippen LogP contribution in [-0.2, 0) is 18.4 Å². The zero-order valence-corrected chi connectivity index (χ0v) is 18.1. The van der Waals surface area contributed by atoms with Crippen LogP contribution in [0, 0.1) is 5.92 Å². The van der Waals surface area contributed by atoms with Gasteiger partial charge in [-0.2, -0.15) is 10.2 Å². The van der Waals surface area contributed by atoms with Gasteiger partial charge in [-0.3, -0.25) is 14.3 Å². The van der Waals surface area contributed by atoms with E-state index in [-0.39, 0.29) is 17.5 Å². The van der Waals surface area contributed by atoms with Crippen molar-refractivity contribution < 1.29 is 9.59 Å². The number of carbonyl (C=O) groups is 2. The molecule has 0 unspecified atom stereocenters. The zero-order chi connectivity index (χ0) is 22.4. The average Bonchev–Trinajstić information content (AvgIpc) is 3.56. The third kappa shape index (κ3) is 3.43. The number of amides is 2. The molecule has 1 aliphatic heterocycles. The van der Waals surface area contributed by atoms with Crippen molar-refractivity contribution in [3.63, 3.8) is 0 Å². The van der Waals surface area contributed by atoms with Crippen LogP contribution in [0.5, 0.6) is 0 Å². The maximum Gasteiger partial charge on any atom is 0.273 e. The van der Waals surface area contributed by atoms with Crippen LogP contribution < -0.4 is 20.9 Å². The van der Waals surface area contributed by atoms with Crippen LogP contribution in [0.3, 0.4) is 0 Å². The number of para-hydroxylation sites is 1. The monoisotopic (exact) mass is 432 g/mol. The van der Waals surface area contributed by atoms with Gasteiger partial charge in [0.05, 0.1) is 34.6 Å². The minimum Gasteiger partial charge on any atom is -0.368 e. The van der Waals surface area contributed by atoms with Gasteiger partial charge < -0.3 is 20.9 Å². The molecule has 10 heteroatoms. The number of aromatic nitrogens is 4. The van der Waals surface area contributed by atoms with E-state index in [4.69, 9.17) is 0 Å². The number of rotatable bonds is 5. The van der Waals surface area contributed by atoms with E-state index < -0.39 is 5.91 Å². The molecule has 164 valence electrons. The van der Waals surface area contributed by atoms with E-state index >= 15 is 0 Å². The summed E-state index contributed by atoms with van der Waals surface area (Å²) >= 11 is 0. The van der Waals surface area contributed by atoms with Gasteiger partial charge in [0.1, 0.15) is 0 Å². The molecule has 1 aliphatic carbocycles. The third-order valence-corrected chi connectivity index (χ3v) is 5.74. The van der Waals surface area contributed by atoms with E-state index in [1.54, 1.807) is 0 Å². The van der Waals surface area contributed by atoms with Gasteiger partial charge in [0.25, 0.3) is 5.91 Å². The minimum absolute atomic E-state index is 0.0117. The highest BCUT2D eigenvalue weighted by atomic mass is 16.2. The fourth-order valence-corrected chi connectivity index (χ4v) is 4.06. The van der Waals surface area contributed by atoms with Crippen molar-refractivity contribution in [3.8, 4) is 11.3 Å². The summed E-state index contributed by atoms with van der Waals surface area (Å²) in [5.74, 6) is -0.459. The van der Waals surface area contributed by atoms with Crippen LogP contribution in [-0.4, -0.2) is 45.9 Å². The highest BCUT2D eigenvalue weighted by Crippen LogP contribution is 2.44. The van der Waals surface area contributed by atoms with Gasteiger partial charge in [0, 0.05) is 50.9 Å². The van der Waals surface area contributed by atoms with E-state index in [1.807, 2.05) is 43.2 Å². The Bertz CT molecular complexity index is 1230. The summed E-state index contributed by atoms with van der Waals surface area (Å²) in [6.07, 6.45) is 5.24. The Balaban J connectivity index is 1.60. The lowest BCUT2D eigenvalue weighted by molar-refractivity contribution is -0.117. The van der Waals surface area contributed by atoms with E-state index in [2.05, 4.69) is 36.1 Å². The fraction of sp³-hybridized carbons (Fsp3) is 0.318. The molecule has 1 aromatic carbocycles. The van der Waals surface area contributed by atoms with Crippen molar-refractivity contribution >= 4 is 34.6 Å². The maximum atomic E-state index is 12.5. The predicted octanol–water partition coefficient (Wildman–Crippen LogP) is 2.28. The molecule has 3 N–H and O–H groups in total. The first-order chi connectivity index (χ1) is 15.5. The molecule has 0 saturated heterocycles. The topological polar surface area (TPSA) is 117 Å². The Morgan fingerprint density at radius 3 is 2.72 bits per heavy atom. The number of nitrogens with one attached hydrogen (secondary N) is 3. The normalized spacial score (nSPS) is 14.4. The van der Waals surface area contributed by atoms with E-state index in [1.165, 1.54) is 13.2 Å². The van der Waals surface area contributed by atoms with Crippen molar-refractivity contribution in [1.29, 1.82) is 0 Å². The van der Waals surface area contributed by atoms with Crippen LogP contribution in [0.15, 0.2) is 30.6 Å². The van der Waals surface area contributed by atoms with Gasteiger partial charge >= 0.3 is 0 Å². The standard InChI is InChI=1S/C22H24N8O2/c1-23-22(32)19-18(16(9-24-27-19)26-21(31)12-7-8-12)25-15-6-4-5-14-17-13(11-30(3)28-17)10-29(2)20(14)15/h4-6,9,11-12H,7-8,10H2,1-3H3,(H,23,32)(H,24,25)(H,26,27,31). The molecule has 1 fully saturated rings. The largest absolute Gasteiger partial charge is 0.368 e. The number of nitrogens with zero attached hydrogens (tertiary/aromatic N) is 5. The van der Waals surface area contributed by atoms with Crippen LogP contribution in [0.1, 0.15) is 28.9 Å². The lowest BCUT2D eigenvalue weighted by Gasteiger charge is -2.29. The summed E-state index contributed by atoms with van der Waals surface area (Å²) < 4.78 is 1.82. The summed E-state index contributed by atoms with van der Waals surface area (Å²) in [7, 11) is 5.46. The minimum atomic E-state index is -0.396. The van der Waals surface area contributed by atoms with Gasteiger partial charge in [0.2, 0.25) is 5.91 Å². The number of carbonyl (C=O) groups excluding carboxylic acids is 2. The Morgan fingerprint density at radius 2 is 1.97 bits per heavy atom. The fourth-order valence-electron chi connectivity index (χ4n) is 4.06. The molecular weight excluding hydrogens is 408 g/mol. The first kappa shape index (κ1) is 20.0. The Morgan fingerprint density at radius 1 is 1.16 bits per heavy atom. The molecule has 10 nitrogen and oxygen atoms in total. The van der Waals surface area contributed by atoms with Crippen molar-refractivity contribution in [3.05, 3.63) is 41.9 Å². The number of hydrogen-bond acceptors (Lipinski definition) is 7. The van der Waals surface area contributed by atoms with Gasteiger partial charge in [-0.15, -0.1) is 5.10 Å². The molecule has 3 heterocycles. The second-order valence-corrected chi connectivity index (χ2v) is 8.18. The van der Waals surface area contributed by atoms with Crippen LogP contribution >= 0.6 is 0 Å². The third-order valence-electron chi connectivity index (χ3n) is 5.74. The summed E-state index contributed by atoms with van der Waals surface area (Å²) in [4.78, 5) is 27.1. The number of hydrogen-bond donors (Lipinski definition) is 3. The Labute approximate surface area is 185 Å². The predicted molar refractivity (Wildman–Crippen MR) is 121 cm³/mol. The summed E-state index contributed by atoms with van der Waals surface area (Å²) in [5, 5.41) is 21.5. The molecule has 0 spiro atoms. The van der Waals surface area contributed by atoms with Crippen molar-refractivity contribution in [2.24, 2.45) is 13.0 Å². The Hall–Kier alpha value is -3.95. The van der Waals surface area contributed by atoms with Gasteiger partial charge in [-0.05, 0) is 18.9 Å². The van der Waals surface area contributed by atoms with Crippen molar-refractivity contribution in [2.75, 3.05) is 29.6 Å². The summed E-state index contributed by atoms with van der Waals surface area (Å²) in [5.41, 5.74) is 5.74. The number of fused-ring (bicyclic) bond motifs is 3. The highest BCUT2D eigenvalue weighted by Gasteiger charge is 2.31. The molecule has 1 saturated carbocycles. The highest BCUT2D eigenvalue weighted by molar-refractivity contribution is 6.05. The zero-order valence-electron chi connectivity index (χ0n) is 18.1. The second kappa shape index (κ2) is 7.63. The molecular formula is C22H24N8O2. The van der Waals surface area contributed by atoms with E-state index in [0.29, 0.717) is 17.9 Å². The summed E-state index contributed by atoms with van der Waals surface area (Å²) in [6, 6.07) is 5.90. The number of aryl methyl sites for hydroxylation is 1. The van der Waals surface area contributed by atoms with Crippen LogP contribution in [0.4, 0.5) is 22.7 Å². The van der Waals surface area contributed by atoms with Gasteiger partial charge in [-0.1, -0.05) is 12.1 Å². The lowest BCUT2D eigenvalue weighted by Crippen LogP contribution is -2.24. The van der Waals surface area contributed by atoms with Crippen molar-refractivity contribution in [2.45, 2.75) is 19.4 Å². The quantitative estimate of drug-likeness (QED) is 0.566. The van der Waals surface area contributed by atoms with Crippen LogP contribution in [0.2, 0.25) is 0 Å². The van der Waals surface area contributed by atoms with Crippen molar-refractivity contribution in [1.82, 2.24) is 25.3 Å². The number of benzene rings is 1. The summed E-state index contributed by atoms with van der Waals surface area (Å²) in [6.45, 7) is 0.705. The number of anilines is 4. The van der Waals surface area contributed by atoms with Gasteiger partial charge in [-0.25, -0.2) is 0 Å². The van der Waals surface area contributed by atoms with Gasteiger partial charge in [0.15, 0.2) is 5.69 Å². The molecule has 5 rings (SSSR count). The Kier molecular flexibility index (Phi) is 4.76. The van der Waals surface area contributed by atoms with E-state index in [9.17, 15) is 9.59 Å². The molecule has 0 bridgehead atoms. The molecule has 2 aliphatic rings. The second-order valence-electron chi connectivity index (χ2n) is 8.18. The van der Waals surface area contributed by atoms with Crippen LogP contribution in [0.25, 0.3) is 11.3 Å². The first-order valence-electron chi connectivity index (χ1n) is 10.5. The molecule has 3 aromatic rings. The maximum absolute atomic E-state index is 12.5.